The molecule has 0 saturated heterocycles. The molecular weight excluding hydrogens is 224 g/mol. The molecule has 0 heterocycles. The third-order valence-electron chi connectivity index (χ3n) is 3.45. The average Bonchev–Trinajstić information content (AvgIpc) is 2.38. The number of aromatic hydroxyl groups is 1. The Labute approximate surface area is 111 Å². The highest BCUT2D eigenvalue weighted by Gasteiger charge is 2.10. The summed E-state index contributed by atoms with van der Waals surface area (Å²) in [5, 5.41) is 13.2. The summed E-state index contributed by atoms with van der Waals surface area (Å²) in [5.74, 6) is 0.372. The minimum absolute atomic E-state index is 0.171. The van der Waals surface area contributed by atoms with Gasteiger partial charge in [0.15, 0.2) is 0 Å². The van der Waals surface area contributed by atoms with Gasteiger partial charge in [0.25, 0.3) is 0 Å². The van der Waals surface area contributed by atoms with Gasteiger partial charge >= 0.3 is 0 Å². The summed E-state index contributed by atoms with van der Waals surface area (Å²) >= 11 is 0. The summed E-state index contributed by atoms with van der Waals surface area (Å²) in [4.78, 5) is 2.20. The summed E-state index contributed by atoms with van der Waals surface area (Å²) in [7, 11) is 3.97. The van der Waals surface area contributed by atoms with Gasteiger partial charge in [-0.2, -0.15) is 0 Å². The first-order chi connectivity index (χ1) is 8.60. The maximum Gasteiger partial charge on any atom is 0.122 e. The highest BCUT2D eigenvalue weighted by Crippen LogP contribution is 2.28. The van der Waals surface area contributed by atoms with E-state index in [1.165, 1.54) is 19.3 Å². The van der Waals surface area contributed by atoms with E-state index < -0.39 is 0 Å². The Morgan fingerprint density at radius 1 is 1.33 bits per heavy atom. The van der Waals surface area contributed by atoms with Crippen LogP contribution in [0, 0.1) is 0 Å². The second kappa shape index (κ2) is 7.27. The predicted octanol–water partition coefficient (Wildman–Crippen LogP) is 3.30. The fraction of sp³-hybridized carbons (Fsp3) is 0.600. The summed E-state index contributed by atoms with van der Waals surface area (Å²) in [6, 6.07) is 6.11. The molecule has 0 amide bonds. The lowest BCUT2D eigenvalue weighted by Gasteiger charge is -2.21. The predicted molar refractivity (Wildman–Crippen MR) is 78.4 cm³/mol. The lowest BCUT2D eigenvalue weighted by Crippen LogP contribution is -2.19. The zero-order valence-corrected chi connectivity index (χ0v) is 12.0. The molecule has 1 unspecified atom stereocenters. The van der Waals surface area contributed by atoms with Crippen LogP contribution in [0.15, 0.2) is 18.2 Å². The van der Waals surface area contributed by atoms with Crippen molar-refractivity contribution < 1.29 is 5.11 Å². The van der Waals surface area contributed by atoms with Gasteiger partial charge in [-0.3, -0.25) is 0 Å². The lowest BCUT2D eigenvalue weighted by molar-refractivity contribution is 0.458. The number of phenolic OH excluding ortho intramolecular Hbond substituents is 1. The van der Waals surface area contributed by atoms with E-state index in [4.69, 9.17) is 0 Å². The zero-order valence-electron chi connectivity index (χ0n) is 12.0. The first kappa shape index (κ1) is 14.8. The number of unbranched alkanes of at least 4 members (excludes halogenated alkanes) is 2. The second-order valence-electron chi connectivity index (χ2n) is 4.88. The van der Waals surface area contributed by atoms with Crippen LogP contribution in [-0.4, -0.2) is 25.7 Å². The fourth-order valence-electron chi connectivity index (χ4n) is 2.02. The van der Waals surface area contributed by atoms with E-state index in [1.807, 2.05) is 26.1 Å². The minimum atomic E-state index is 0.171. The van der Waals surface area contributed by atoms with Gasteiger partial charge in [-0.05, 0) is 26.5 Å². The van der Waals surface area contributed by atoms with Crippen molar-refractivity contribution in [3.8, 4) is 5.75 Å². The van der Waals surface area contributed by atoms with Crippen LogP contribution >= 0.6 is 0 Å². The monoisotopic (exact) mass is 250 g/mol. The van der Waals surface area contributed by atoms with Gasteiger partial charge in [0.05, 0.1) is 0 Å². The highest BCUT2D eigenvalue weighted by molar-refractivity contribution is 5.53. The van der Waals surface area contributed by atoms with Gasteiger partial charge in [0.1, 0.15) is 5.75 Å². The van der Waals surface area contributed by atoms with E-state index in [2.05, 4.69) is 30.3 Å². The Morgan fingerprint density at radius 2 is 2.06 bits per heavy atom. The number of nitrogens with zero attached hydrogens (tertiary/aromatic N) is 1. The molecule has 1 aromatic carbocycles. The number of hydrogen-bond acceptors (Lipinski definition) is 3. The lowest BCUT2D eigenvalue weighted by atomic mass is 10.1. The van der Waals surface area contributed by atoms with Crippen LogP contribution < -0.4 is 10.2 Å². The molecule has 0 aliphatic rings. The van der Waals surface area contributed by atoms with Crippen LogP contribution in [0.4, 0.5) is 5.69 Å². The molecule has 0 fully saturated rings. The summed E-state index contributed by atoms with van der Waals surface area (Å²) in [5.41, 5.74) is 2.03. The van der Waals surface area contributed by atoms with Crippen LogP contribution in [0.1, 0.15) is 44.7 Å². The molecule has 0 radical (unpaired) electrons. The first-order valence-corrected chi connectivity index (χ1v) is 6.81. The molecule has 1 rings (SSSR count). The van der Waals surface area contributed by atoms with Gasteiger partial charge in [0.2, 0.25) is 0 Å². The molecule has 0 saturated carbocycles. The van der Waals surface area contributed by atoms with E-state index in [-0.39, 0.29) is 6.04 Å². The molecule has 0 aliphatic carbocycles. The van der Waals surface area contributed by atoms with E-state index in [1.54, 1.807) is 0 Å². The maximum atomic E-state index is 10.0. The summed E-state index contributed by atoms with van der Waals surface area (Å²) < 4.78 is 0. The molecule has 0 aromatic heterocycles. The van der Waals surface area contributed by atoms with Crippen LogP contribution in [-0.2, 0) is 0 Å². The van der Waals surface area contributed by atoms with Gasteiger partial charge in [-0.15, -0.1) is 0 Å². The van der Waals surface area contributed by atoms with Crippen molar-refractivity contribution in [2.45, 2.75) is 39.2 Å². The van der Waals surface area contributed by atoms with Crippen molar-refractivity contribution in [2.75, 3.05) is 25.5 Å². The number of hydrogen-bond donors (Lipinski definition) is 2. The summed E-state index contributed by atoms with van der Waals surface area (Å²) in [6.45, 7) is 5.29. The molecule has 0 aliphatic heterocycles. The van der Waals surface area contributed by atoms with E-state index in [0.717, 1.165) is 17.8 Å². The number of benzene rings is 1. The van der Waals surface area contributed by atoms with Crippen molar-refractivity contribution in [1.82, 2.24) is 5.32 Å². The normalized spacial score (nSPS) is 12.4. The molecule has 1 aromatic rings. The Bertz CT molecular complexity index is 366. The number of phenols is 1. The van der Waals surface area contributed by atoms with Crippen molar-refractivity contribution in [1.29, 1.82) is 0 Å². The summed E-state index contributed by atoms with van der Waals surface area (Å²) in [6.07, 6.45) is 3.69. The van der Waals surface area contributed by atoms with Crippen LogP contribution in [0.25, 0.3) is 0 Å². The average molecular weight is 250 g/mol. The van der Waals surface area contributed by atoms with Crippen molar-refractivity contribution in [2.24, 2.45) is 0 Å². The SMILES string of the molecule is CCCCCN(C)c1ccc(C(C)NC)c(O)c1. The fourth-order valence-corrected chi connectivity index (χ4v) is 2.02. The van der Waals surface area contributed by atoms with E-state index in [0.29, 0.717) is 5.75 Å². The molecule has 2 N–H and O–H groups in total. The van der Waals surface area contributed by atoms with Crippen molar-refractivity contribution in [3.05, 3.63) is 23.8 Å². The highest BCUT2D eigenvalue weighted by atomic mass is 16.3. The van der Waals surface area contributed by atoms with Crippen molar-refractivity contribution in [3.63, 3.8) is 0 Å². The molecule has 1 atom stereocenters. The standard InChI is InChI=1S/C15H26N2O/c1-5-6-7-10-17(4)13-8-9-14(12(2)16-3)15(18)11-13/h8-9,11-12,16,18H,5-7,10H2,1-4H3. The van der Waals surface area contributed by atoms with Crippen LogP contribution in [0.5, 0.6) is 5.75 Å². The molecule has 18 heavy (non-hydrogen) atoms. The van der Waals surface area contributed by atoms with E-state index >= 15 is 0 Å². The van der Waals surface area contributed by atoms with Gasteiger partial charge < -0.3 is 15.3 Å². The quantitative estimate of drug-likeness (QED) is 0.729. The number of rotatable bonds is 7. The van der Waals surface area contributed by atoms with Gasteiger partial charge in [-0.1, -0.05) is 25.8 Å². The number of nitrogens with one attached hydrogen (secondary N) is 1. The Kier molecular flexibility index (Phi) is 5.99. The molecule has 102 valence electrons. The van der Waals surface area contributed by atoms with Crippen molar-refractivity contribution >= 4 is 5.69 Å². The largest absolute Gasteiger partial charge is 0.508 e. The molecule has 3 nitrogen and oxygen atoms in total. The topological polar surface area (TPSA) is 35.5 Å². The van der Waals surface area contributed by atoms with E-state index in [9.17, 15) is 5.11 Å². The Balaban J connectivity index is 2.71. The molecule has 0 spiro atoms. The maximum absolute atomic E-state index is 10.0. The van der Waals surface area contributed by atoms with Crippen LogP contribution in [0.3, 0.4) is 0 Å². The first-order valence-electron chi connectivity index (χ1n) is 6.81. The Hall–Kier alpha value is -1.22. The molecule has 3 heteroatoms. The minimum Gasteiger partial charge on any atom is -0.508 e. The number of anilines is 1. The molecule has 0 bridgehead atoms. The van der Waals surface area contributed by atoms with Gasteiger partial charge in [-0.25, -0.2) is 0 Å². The third kappa shape index (κ3) is 3.91. The smallest absolute Gasteiger partial charge is 0.122 e. The second-order valence-corrected chi connectivity index (χ2v) is 4.88. The third-order valence-corrected chi connectivity index (χ3v) is 3.45. The van der Waals surface area contributed by atoms with Gasteiger partial charge in [0, 0.05) is 37.0 Å². The Morgan fingerprint density at radius 3 is 2.61 bits per heavy atom. The van der Waals surface area contributed by atoms with Crippen LogP contribution in [0.2, 0.25) is 0 Å². The molecular formula is C15H26N2O. The zero-order chi connectivity index (χ0) is 13.5.